The molecule has 0 bridgehead atoms. The van der Waals surface area contributed by atoms with Gasteiger partial charge >= 0.3 is 0 Å². The van der Waals surface area contributed by atoms with Gasteiger partial charge in [0, 0.05) is 0 Å². The molecule has 0 spiro atoms. The van der Waals surface area contributed by atoms with Gasteiger partial charge in [0.2, 0.25) is 5.91 Å². The molecule has 122 valence electrons. The highest BCUT2D eigenvalue weighted by atomic mass is 35.5. The molecule has 0 aliphatic carbocycles. The van der Waals surface area contributed by atoms with E-state index in [-0.39, 0.29) is 21.4 Å². The lowest BCUT2D eigenvalue weighted by atomic mass is 10.2. The van der Waals surface area contributed by atoms with Gasteiger partial charge in [-0.15, -0.1) is 0 Å². The minimum absolute atomic E-state index is 0.0542. The van der Waals surface area contributed by atoms with E-state index < -0.39 is 23.6 Å². The van der Waals surface area contributed by atoms with Gasteiger partial charge in [-0.2, -0.15) is 0 Å². The third-order valence-corrected chi connectivity index (χ3v) is 4.03. The fourth-order valence-corrected chi connectivity index (χ4v) is 2.94. The van der Waals surface area contributed by atoms with Gasteiger partial charge in [-0.1, -0.05) is 11.6 Å². The van der Waals surface area contributed by atoms with Crippen molar-refractivity contribution < 1.29 is 24.2 Å². The molecule has 0 atom stereocenters. The molecule has 3 amide bonds. The first-order chi connectivity index (χ1) is 10.8. The number of phenolic OH excluding ortho intramolecular Hbond substituents is 1. The smallest absolute Gasteiger partial charge is 0.294 e. The normalized spacial score (nSPS) is 16.3. The zero-order valence-corrected chi connectivity index (χ0v) is 13.6. The number of hydrogen-bond acceptors (Lipinski definition) is 6. The zero-order chi connectivity index (χ0) is 17.1. The first kappa shape index (κ1) is 17.2. The summed E-state index contributed by atoms with van der Waals surface area (Å²) in [5, 5.41) is 9.27. The summed E-state index contributed by atoms with van der Waals surface area (Å²) in [6.45, 7) is 1.60. The number of halogens is 1. The van der Waals surface area contributed by atoms with Crippen LogP contribution in [0.3, 0.4) is 0 Å². The average molecular weight is 357 g/mol. The number of aromatic hydroxyl groups is 1. The van der Waals surface area contributed by atoms with Crippen LogP contribution in [0, 0.1) is 0 Å². The topological polar surface area (TPSA) is 110 Å². The lowest BCUT2D eigenvalue weighted by Crippen LogP contribution is -2.36. The lowest BCUT2D eigenvalue weighted by molar-refractivity contribution is -0.127. The van der Waals surface area contributed by atoms with E-state index in [9.17, 15) is 19.5 Å². The van der Waals surface area contributed by atoms with Crippen molar-refractivity contribution in [1.82, 2.24) is 4.90 Å². The van der Waals surface area contributed by atoms with E-state index in [4.69, 9.17) is 22.1 Å². The summed E-state index contributed by atoms with van der Waals surface area (Å²) >= 11 is 6.61. The molecule has 7 nitrogen and oxygen atoms in total. The summed E-state index contributed by atoms with van der Waals surface area (Å²) in [5.41, 5.74) is 5.48. The first-order valence-electron chi connectivity index (χ1n) is 6.52. The van der Waals surface area contributed by atoms with Crippen LogP contribution in [0.25, 0.3) is 6.08 Å². The van der Waals surface area contributed by atoms with Crippen molar-refractivity contribution in [2.24, 2.45) is 5.73 Å². The number of carbonyl (C=O) groups is 3. The van der Waals surface area contributed by atoms with Gasteiger partial charge < -0.3 is 15.6 Å². The predicted molar refractivity (Wildman–Crippen MR) is 86.2 cm³/mol. The molecule has 9 heteroatoms. The Labute approximate surface area is 141 Å². The van der Waals surface area contributed by atoms with E-state index in [1.54, 1.807) is 6.92 Å². The van der Waals surface area contributed by atoms with Crippen molar-refractivity contribution in [3.05, 3.63) is 27.6 Å². The maximum absolute atomic E-state index is 12.1. The van der Waals surface area contributed by atoms with Crippen molar-refractivity contribution in [1.29, 1.82) is 0 Å². The number of ether oxygens (including phenoxy) is 1. The van der Waals surface area contributed by atoms with Crippen molar-refractivity contribution >= 4 is 46.5 Å². The van der Waals surface area contributed by atoms with E-state index in [0.29, 0.717) is 23.9 Å². The highest BCUT2D eigenvalue weighted by Gasteiger charge is 2.35. The van der Waals surface area contributed by atoms with Gasteiger partial charge in [0.25, 0.3) is 11.1 Å². The zero-order valence-electron chi connectivity index (χ0n) is 12.0. The predicted octanol–water partition coefficient (Wildman–Crippen LogP) is 1.97. The number of amides is 3. The maximum atomic E-state index is 12.1. The number of nitrogens with zero attached hydrogens (tertiary/aromatic N) is 1. The number of nitrogens with two attached hydrogens (primary N) is 1. The van der Waals surface area contributed by atoms with Crippen molar-refractivity contribution in [2.75, 3.05) is 13.2 Å². The monoisotopic (exact) mass is 356 g/mol. The number of thioether (sulfide) groups is 1. The van der Waals surface area contributed by atoms with E-state index in [2.05, 4.69) is 0 Å². The average Bonchev–Trinajstić information content (AvgIpc) is 2.72. The Morgan fingerprint density at radius 2 is 2.17 bits per heavy atom. The molecular weight excluding hydrogens is 344 g/mol. The summed E-state index contributed by atoms with van der Waals surface area (Å²) < 4.78 is 5.25. The van der Waals surface area contributed by atoms with Gasteiger partial charge in [-0.3, -0.25) is 19.3 Å². The molecule has 0 unspecified atom stereocenters. The standard InChI is InChI=1S/C14H13ClN2O5S/c1-2-22-9-4-7(3-8(15)12(9)19)5-10-13(20)17(6-11(16)18)14(21)23-10/h3-5,19H,2,6H2,1H3,(H2,16,18)/b10-5-. The van der Waals surface area contributed by atoms with Gasteiger partial charge in [0.1, 0.15) is 6.54 Å². The second kappa shape index (κ2) is 6.93. The number of benzene rings is 1. The number of phenols is 1. The van der Waals surface area contributed by atoms with E-state index in [1.165, 1.54) is 18.2 Å². The highest BCUT2D eigenvalue weighted by molar-refractivity contribution is 8.18. The summed E-state index contributed by atoms with van der Waals surface area (Å²) in [5.74, 6) is -1.42. The van der Waals surface area contributed by atoms with Crippen LogP contribution in [0.5, 0.6) is 11.5 Å². The Kier molecular flexibility index (Phi) is 5.17. The number of rotatable bonds is 5. The summed E-state index contributed by atoms with van der Waals surface area (Å²) in [6, 6.07) is 2.92. The molecule has 1 saturated heterocycles. The molecule has 1 aromatic rings. The summed E-state index contributed by atoms with van der Waals surface area (Å²) in [7, 11) is 0. The van der Waals surface area contributed by atoms with Crippen LogP contribution in [-0.4, -0.2) is 40.2 Å². The Morgan fingerprint density at radius 3 is 2.78 bits per heavy atom. The van der Waals surface area contributed by atoms with Crippen molar-refractivity contribution in [3.8, 4) is 11.5 Å². The van der Waals surface area contributed by atoms with Gasteiger partial charge in [-0.25, -0.2) is 0 Å². The maximum Gasteiger partial charge on any atom is 0.294 e. The van der Waals surface area contributed by atoms with Gasteiger partial charge in [-0.05, 0) is 42.5 Å². The van der Waals surface area contributed by atoms with Crippen molar-refractivity contribution in [3.63, 3.8) is 0 Å². The minimum atomic E-state index is -0.778. The Hall–Kier alpha value is -2.19. The molecule has 1 aromatic carbocycles. The number of imide groups is 1. The van der Waals surface area contributed by atoms with Crippen LogP contribution in [0.4, 0.5) is 4.79 Å². The van der Waals surface area contributed by atoms with Crippen LogP contribution in [0.15, 0.2) is 17.0 Å². The summed E-state index contributed by atoms with van der Waals surface area (Å²) in [6.07, 6.45) is 1.43. The molecule has 0 aromatic heterocycles. The van der Waals surface area contributed by atoms with E-state index >= 15 is 0 Å². The van der Waals surface area contributed by atoms with Crippen LogP contribution < -0.4 is 10.5 Å². The minimum Gasteiger partial charge on any atom is -0.503 e. The van der Waals surface area contributed by atoms with Crippen LogP contribution in [0.2, 0.25) is 5.02 Å². The fraction of sp³-hybridized carbons (Fsp3) is 0.214. The fourth-order valence-electron chi connectivity index (χ4n) is 1.89. The molecule has 23 heavy (non-hydrogen) atoms. The van der Waals surface area contributed by atoms with Crippen molar-refractivity contribution in [2.45, 2.75) is 6.92 Å². The van der Waals surface area contributed by atoms with E-state index in [1.807, 2.05) is 0 Å². The lowest BCUT2D eigenvalue weighted by Gasteiger charge is -2.09. The van der Waals surface area contributed by atoms with Crippen LogP contribution in [0.1, 0.15) is 12.5 Å². The molecule has 0 saturated carbocycles. The summed E-state index contributed by atoms with van der Waals surface area (Å²) in [4.78, 5) is 35.6. The molecule has 1 aliphatic rings. The molecule has 3 N–H and O–H groups in total. The quantitative estimate of drug-likeness (QED) is 0.780. The number of primary amides is 1. The number of hydrogen-bond donors (Lipinski definition) is 2. The second-order valence-corrected chi connectivity index (χ2v) is 5.92. The Bertz CT molecular complexity index is 719. The highest BCUT2D eigenvalue weighted by Crippen LogP contribution is 2.38. The molecule has 1 aliphatic heterocycles. The van der Waals surface area contributed by atoms with Crippen LogP contribution >= 0.6 is 23.4 Å². The first-order valence-corrected chi connectivity index (χ1v) is 7.72. The molecule has 2 rings (SSSR count). The van der Waals surface area contributed by atoms with E-state index in [0.717, 1.165) is 4.90 Å². The third kappa shape index (κ3) is 3.77. The SMILES string of the molecule is CCOc1cc(/C=C2\SC(=O)N(CC(N)=O)C2=O)cc(Cl)c1O. The second-order valence-electron chi connectivity index (χ2n) is 4.52. The van der Waals surface area contributed by atoms with Gasteiger partial charge in [0.15, 0.2) is 11.5 Å². The molecule has 0 radical (unpaired) electrons. The Balaban J connectivity index is 2.34. The number of carbonyl (C=O) groups excluding carboxylic acids is 3. The molecule has 1 heterocycles. The molecular formula is C14H13ClN2O5S. The third-order valence-electron chi connectivity index (χ3n) is 2.84. The molecule has 1 fully saturated rings. The Morgan fingerprint density at radius 1 is 1.48 bits per heavy atom. The largest absolute Gasteiger partial charge is 0.503 e. The van der Waals surface area contributed by atoms with Gasteiger partial charge in [0.05, 0.1) is 16.5 Å². The van der Waals surface area contributed by atoms with Crippen LogP contribution in [-0.2, 0) is 9.59 Å².